The molecule has 2 N–H and O–H groups in total. The highest BCUT2D eigenvalue weighted by Gasteiger charge is 2.35. The summed E-state index contributed by atoms with van der Waals surface area (Å²) in [5.74, 6) is -0.404. The summed E-state index contributed by atoms with van der Waals surface area (Å²) in [6, 6.07) is 9.07. The highest BCUT2D eigenvalue weighted by molar-refractivity contribution is 6.06. The molecular formula is C21H27N3O5. The number of ether oxygens (including phenoxy) is 2. The Bertz CT molecular complexity index is 899. The second-order valence-corrected chi connectivity index (χ2v) is 7.42. The Labute approximate surface area is 169 Å². The molecule has 8 nitrogen and oxygen atoms in total. The van der Waals surface area contributed by atoms with E-state index in [2.05, 4.69) is 10.3 Å². The number of amides is 2. The van der Waals surface area contributed by atoms with Crippen LogP contribution in [0, 0.1) is 0 Å². The molecule has 1 aromatic carbocycles. The largest absolute Gasteiger partial charge is 0.395 e. The Kier molecular flexibility index (Phi) is 6.46. The van der Waals surface area contributed by atoms with Crippen LogP contribution in [-0.4, -0.2) is 72.4 Å². The van der Waals surface area contributed by atoms with E-state index in [4.69, 9.17) is 14.6 Å². The zero-order chi connectivity index (χ0) is 21.0. The van der Waals surface area contributed by atoms with E-state index < -0.39 is 11.7 Å². The van der Waals surface area contributed by atoms with Crippen molar-refractivity contribution in [2.45, 2.75) is 25.6 Å². The number of aliphatic hydroxyl groups excluding tert-OH is 1. The van der Waals surface area contributed by atoms with Gasteiger partial charge in [0.05, 0.1) is 36.5 Å². The molecule has 1 aromatic heterocycles. The lowest BCUT2D eigenvalue weighted by Crippen LogP contribution is -2.51. The first kappa shape index (κ1) is 21.2. The standard InChI is InChI=1S/C21H27N3O5/c1-21(2,28-3)20(27)24-9-11-29-18(13-24)17-12-15(19(26)22-8-10-25)14-6-4-5-7-16(14)23-17/h4-7,12,18,25H,8-11,13H2,1-3H3,(H,22,26)/t18-/m1/s1. The van der Waals surface area contributed by atoms with E-state index in [1.165, 1.54) is 7.11 Å². The van der Waals surface area contributed by atoms with Gasteiger partial charge in [-0.05, 0) is 26.0 Å². The monoisotopic (exact) mass is 401 g/mol. The minimum absolute atomic E-state index is 0.116. The third kappa shape index (κ3) is 4.55. The number of aliphatic hydroxyl groups is 1. The number of para-hydroxylation sites is 1. The molecule has 29 heavy (non-hydrogen) atoms. The van der Waals surface area contributed by atoms with Gasteiger partial charge in [0.15, 0.2) is 0 Å². The lowest BCUT2D eigenvalue weighted by atomic mass is 10.0. The fourth-order valence-electron chi connectivity index (χ4n) is 3.29. The van der Waals surface area contributed by atoms with E-state index in [9.17, 15) is 9.59 Å². The highest BCUT2D eigenvalue weighted by Crippen LogP contribution is 2.27. The summed E-state index contributed by atoms with van der Waals surface area (Å²) >= 11 is 0. The lowest BCUT2D eigenvalue weighted by molar-refractivity contribution is -0.158. The number of nitrogens with one attached hydrogen (secondary N) is 1. The quantitative estimate of drug-likeness (QED) is 0.756. The van der Waals surface area contributed by atoms with Crippen molar-refractivity contribution in [2.75, 3.05) is 40.0 Å². The van der Waals surface area contributed by atoms with Crippen LogP contribution in [-0.2, 0) is 14.3 Å². The van der Waals surface area contributed by atoms with Gasteiger partial charge in [0.2, 0.25) is 0 Å². The molecule has 0 radical (unpaired) electrons. The molecule has 1 fully saturated rings. The van der Waals surface area contributed by atoms with Gasteiger partial charge in [0.25, 0.3) is 11.8 Å². The summed E-state index contributed by atoms with van der Waals surface area (Å²) in [5, 5.41) is 12.4. The Hall–Kier alpha value is -2.55. The molecule has 2 aromatic rings. The summed E-state index contributed by atoms with van der Waals surface area (Å²) in [5.41, 5.74) is 0.797. The third-order valence-corrected chi connectivity index (χ3v) is 5.09. The number of carbonyl (C=O) groups is 2. The van der Waals surface area contributed by atoms with Crippen LogP contribution in [0.3, 0.4) is 0 Å². The van der Waals surface area contributed by atoms with E-state index in [0.717, 1.165) is 5.39 Å². The van der Waals surface area contributed by atoms with Gasteiger partial charge in [-0.25, -0.2) is 4.98 Å². The molecule has 0 saturated carbocycles. The van der Waals surface area contributed by atoms with Crippen molar-refractivity contribution in [3.8, 4) is 0 Å². The van der Waals surface area contributed by atoms with E-state index in [1.807, 2.05) is 24.3 Å². The van der Waals surface area contributed by atoms with Gasteiger partial charge in [0.1, 0.15) is 11.7 Å². The molecule has 156 valence electrons. The number of pyridine rings is 1. The van der Waals surface area contributed by atoms with Crippen molar-refractivity contribution in [3.05, 3.63) is 41.6 Å². The second kappa shape index (κ2) is 8.86. The average molecular weight is 401 g/mol. The molecule has 1 aliphatic heterocycles. The maximum absolute atomic E-state index is 12.8. The van der Waals surface area contributed by atoms with E-state index >= 15 is 0 Å². The average Bonchev–Trinajstić information content (AvgIpc) is 2.76. The second-order valence-electron chi connectivity index (χ2n) is 7.42. The molecule has 2 heterocycles. The third-order valence-electron chi connectivity index (χ3n) is 5.09. The molecule has 0 aliphatic carbocycles. The van der Waals surface area contributed by atoms with E-state index in [-0.39, 0.29) is 25.0 Å². The Morgan fingerprint density at radius 2 is 2.14 bits per heavy atom. The van der Waals surface area contributed by atoms with Crippen LogP contribution in [0.4, 0.5) is 0 Å². The predicted octanol–water partition coefficient (Wildman–Crippen LogP) is 1.28. The normalized spacial score (nSPS) is 17.4. The summed E-state index contributed by atoms with van der Waals surface area (Å²) in [4.78, 5) is 31.8. The number of carbonyl (C=O) groups excluding carboxylic acids is 2. The lowest BCUT2D eigenvalue weighted by Gasteiger charge is -2.37. The van der Waals surface area contributed by atoms with Gasteiger partial charge < -0.3 is 24.8 Å². The molecule has 1 aliphatic rings. The molecule has 0 unspecified atom stereocenters. The Morgan fingerprint density at radius 3 is 2.86 bits per heavy atom. The molecule has 8 heteroatoms. The molecule has 1 saturated heterocycles. The van der Waals surface area contributed by atoms with Gasteiger partial charge >= 0.3 is 0 Å². The topological polar surface area (TPSA) is 101 Å². The maximum Gasteiger partial charge on any atom is 0.254 e. The van der Waals surface area contributed by atoms with Crippen molar-refractivity contribution >= 4 is 22.7 Å². The van der Waals surface area contributed by atoms with Gasteiger partial charge in [-0.2, -0.15) is 0 Å². The van der Waals surface area contributed by atoms with Crippen molar-refractivity contribution in [1.82, 2.24) is 15.2 Å². The Balaban J connectivity index is 1.92. The van der Waals surface area contributed by atoms with Crippen molar-refractivity contribution in [1.29, 1.82) is 0 Å². The molecule has 0 bridgehead atoms. The molecule has 3 rings (SSSR count). The zero-order valence-corrected chi connectivity index (χ0v) is 17.0. The number of benzene rings is 1. The first-order valence-electron chi connectivity index (χ1n) is 9.62. The highest BCUT2D eigenvalue weighted by atomic mass is 16.5. The first-order valence-corrected chi connectivity index (χ1v) is 9.62. The van der Waals surface area contributed by atoms with Crippen LogP contribution in [0.5, 0.6) is 0 Å². The van der Waals surface area contributed by atoms with Crippen LogP contribution in [0.25, 0.3) is 10.9 Å². The maximum atomic E-state index is 12.8. The number of hydrogen-bond acceptors (Lipinski definition) is 6. The number of morpholine rings is 1. The SMILES string of the molecule is COC(C)(C)C(=O)N1CCO[C@@H](c2cc(C(=O)NCCO)c3ccccc3n2)C1. The smallest absolute Gasteiger partial charge is 0.254 e. The fourth-order valence-corrected chi connectivity index (χ4v) is 3.29. The number of rotatable bonds is 6. The van der Waals surface area contributed by atoms with Crippen LogP contribution in [0.2, 0.25) is 0 Å². The van der Waals surface area contributed by atoms with Gasteiger partial charge in [-0.3, -0.25) is 9.59 Å². The van der Waals surface area contributed by atoms with E-state index in [0.29, 0.717) is 36.5 Å². The van der Waals surface area contributed by atoms with Crippen molar-refractivity contribution in [3.63, 3.8) is 0 Å². The number of nitrogens with zero attached hydrogens (tertiary/aromatic N) is 2. The molecular weight excluding hydrogens is 374 g/mol. The molecule has 2 amide bonds. The van der Waals surface area contributed by atoms with Gasteiger partial charge in [0, 0.05) is 25.6 Å². The van der Waals surface area contributed by atoms with Crippen LogP contribution >= 0.6 is 0 Å². The van der Waals surface area contributed by atoms with E-state index in [1.54, 1.807) is 24.8 Å². The summed E-state index contributed by atoms with van der Waals surface area (Å²) in [6.07, 6.45) is -0.450. The molecule has 0 spiro atoms. The minimum Gasteiger partial charge on any atom is -0.395 e. The minimum atomic E-state index is -0.923. The van der Waals surface area contributed by atoms with Crippen molar-refractivity contribution in [2.24, 2.45) is 0 Å². The number of methoxy groups -OCH3 is 1. The summed E-state index contributed by atoms with van der Waals surface area (Å²) in [7, 11) is 1.51. The number of fused-ring (bicyclic) bond motifs is 1. The number of aromatic nitrogens is 1. The van der Waals surface area contributed by atoms with Gasteiger partial charge in [-0.15, -0.1) is 0 Å². The number of hydrogen-bond donors (Lipinski definition) is 2. The van der Waals surface area contributed by atoms with Crippen LogP contribution in [0.1, 0.15) is 36.0 Å². The van der Waals surface area contributed by atoms with Gasteiger partial charge in [-0.1, -0.05) is 18.2 Å². The fraction of sp³-hybridized carbons (Fsp3) is 0.476. The van der Waals surface area contributed by atoms with Crippen LogP contribution < -0.4 is 5.32 Å². The molecule has 1 atom stereocenters. The Morgan fingerprint density at radius 1 is 1.38 bits per heavy atom. The van der Waals surface area contributed by atoms with Crippen LogP contribution in [0.15, 0.2) is 30.3 Å². The summed E-state index contributed by atoms with van der Waals surface area (Å²) in [6.45, 7) is 4.67. The first-order chi connectivity index (χ1) is 13.9. The van der Waals surface area contributed by atoms with Crippen molar-refractivity contribution < 1.29 is 24.2 Å². The summed E-state index contributed by atoms with van der Waals surface area (Å²) < 4.78 is 11.2. The predicted molar refractivity (Wildman–Crippen MR) is 108 cm³/mol. The zero-order valence-electron chi connectivity index (χ0n) is 17.0.